The zero-order valence-electron chi connectivity index (χ0n) is 9.81. The molecule has 1 aliphatic heterocycles. The second-order valence-electron chi connectivity index (χ2n) is 4.39. The molecule has 0 amide bonds. The largest absolute Gasteiger partial charge is 0.409 e. The van der Waals surface area contributed by atoms with Gasteiger partial charge in [0.1, 0.15) is 11.6 Å². The van der Waals surface area contributed by atoms with E-state index < -0.39 is 11.6 Å². The average molecular weight is 255 g/mol. The van der Waals surface area contributed by atoms with Gasteiger partial charge in [-0.3, -0.25) is 4.90 Å². The van der Waals surface area contributed by atoms with E-state index in [0.717, 1.165) is 31.5 Å². The molecule has 2 rings (SSSR count). The fourth-order valence-electron chi connectivity index (χ4n) is 2.30. The van der Waals surface area contributed by atoms with Crippen LogP contribution in [-0.4, -0.2) is 28.5 Å². The van der Waals surface area contributed by atoms with Crippen LogP contribution in [0.4, 0.5) is 8.78 Å². The quantitative estimate of drug-likeness (QED) is 0.374. The normalized spacial score (nSPS) is 21.4. The molecule has 1 aliphatic rings. The molecule has 6 heteroatoms. The summed E-state index contributed by atoms with van der Waals surface area (Å²) in [4.78, 5) is 1.88. The average Bonchev–Trinajstić information content (AvgIpc) is 2.81. The Hall–Kier alpha value is -1.69. The Kier molecular flexibility index (Phi) is 3.76. The number of rotatable bonds is 3. The van der Waals surface area contributed by atoms with Gasteiger partial charge >= 0.3 is 0 Å². The van der Waals surface area contributed by atoms with Crippen molar-refractivity contribution in [2.24, 2.45) is 10.9 Å². The molecule has 0 radical (unpaired) electrons. The van der Waals surface area contributed by atoms with Crippen molar-refractivity contribution in [3.63, 3.8) is 0 Å². The standard InChI is InChI=1S/C12H15F2N3O/c13-9-3-4-10(14)8(6-9)7-17-5-1-2-11(17)12(15)16-18/h3-4,6,11,18H,1-2,5,7H2,(H2,15,16). The van der Waals surface area contributed by atoms with Crippen LogP contribution >= 0.6 is 0 Å². The van der Waals surface area contributed by atoms with Crippen molar-refractivity contribution in [2.45, 2.75) is 25.4 Å². The first-order chi connectivity index (χ1) is 8.61. The third-order valence-corrected chi connectivity index (χ3v) is 3.20. The molecule has 0 bridgehead atoms. The highest BCUT2D eigenvalue weighted by Crippen LogP contribution is 2.21. The molecule has 1 fully saturated rings. The predicted octanol–water partition coefficient (Wildman–Crippen LogP) is 1.68. The lowest BCUT2D eigenvalue weighted by Crippen LogP contribution is -2.40. The molecule has 0 spiro atoms. The van der Waals surface area contributed by atoms with E-state index in [2.05, 4.69) is 5.16 Å². The maximum Gasteiger partial charge on any atom is 0.156 e. The number of benzene rings is 1. The van der Waals surface area contributed by atoms with Crippen LogP contribution in [-0.2, 0) is 6.54 Å². The van der Waals surface area contributed by atoms with E-state index >= 15 is 0 Å². The maximum absolute atomic E-state index is 13.5. The SMILES string of the molecule is NC(=NO)C1CCCN1Cc1cc(F)ccc1F. The van der Waals surface area contributed by atoms with Crippen LogP contribution in [0.2, 0.25) is 0 Å². The molecule has 4 nitrogen and oxygen atoms in total. The number of hydrogen-bond acceptors (Lipinski definition) is 3. The third kappa shape index (κ3) is 2.59. The summed E-state index contributed by atoms with van der Waals surface area (Å²) < 4.78 is 26.6. The highest BCUT2D eigenvalue weighted by molar-refractivity contribution is 5.85. The minimum atomic E-state index is -0.467. The second-order valence-corrected chi connectivity index (χ2v) is 4.39. The first kappa shape index (κ1) is 12.8. The summed E-state index contributed by atoms with van der Waals surface area (Å²) in [5.41, 5.74) is 5.87. The van der Waals surface area contributed by atoms with Gasteiger partial charge in [0, 0.05) is 12.1 Å². The van der Waals surface area contributed by atoms with Gasteiger partial charge in [0.15, 0.2) is 5.84 Å². The number of amidine groups is 1. The first-order valence-electron chi connectivity index (χ1n) is 5.77. The fraction of sp³-hybridized carbons (Fsp3) is 0.417. The van der Waals surface area contributed by atoms with Gasteiger partial charge in [-0.15, -0.1) is 0 Å². The van der Waals surface area contributed by atoms with Gasteiger partial charge in [-0.25, -0.2) is 8.78 Å². The Balaban J connectivity index is 2.15. The number of likely N-dealkylation sites (tertiary alicyclic amines) is 1. The highest BCUT2D eigenvalue weighted by atomic mass is 19.1. The molecule has 3 N–H and O–H groups in total. The van der Waals surface area contributed by atoms with Crippen LogP contribution in [0.25, 0.3) is 0 Å². The Bertz CT molecular complexity index is 465. The summed E-state index contributed by atoms with van der Waals surface area (Å²) in [5, 5.41) is 11.7. The molecule has 1 saturated heterocycles. The molecule has 1 aromatic rings. The van der Waals surface area contributed by atoms with Crippen molar-refractivity contribution in [1.29, 1.82) is 0 Å². The second kappa shape index (κ2) is 5.30. The number of nitrogens with two attached hydrogens (primary N) is 1. The lowest BCUT2D eigenvalue weighted by Gasteiger charge is -2.23. The minimum Gasteiger partial charge on any atom is -0.409 e. The van der Waals surface area contributed by atoms with Crippen molar-refractivity contribution < 1.29 is 14.0 Å². The molecule has 0 aliphatic carbocycles. The van der Waals surface area contributed by atoms with Gasteiger partial charge in [-0.05, 0) is 37.6 Å². The van der Waals surface area contributed by atoms with Gasteiger partial charge in [-0.2, -0.15) is 0 Å². The maximum atomic E-state index is 13.5. The van der Waals surface area contributed by atoms with Gasteiger partial charge < -0.3 is 10.9 Å². The van der Waals surface area contributed by atoms with E-state index in [1.807, 2.05) is 4.90 Å². The van der Waals surface area contributed by atoms with Crippen LogP contribution in [0.5, 0.6) is 0 Å². The molecule has 18 heavy (non-hydrogen) atoms. The van der Waals surface area contributed by atoms with Crippen molar-refractivity contribution in [2.75, 3.05) is 6.54 Å². The molecule has 1 heterocycles. The van der Waals surface area contributed by atoms with Crippen LogP contribution in [0.15, 0.2) is 23.4 Å². The minimum absolute atomic E-state index is 0.115. The summed E-state index contributed by atoms with van der Waals surface area (Å²) in [5.74, 6) is -0.795. The van der Waals surface area contributed by atoms with Crippen molar-refractivity contribution in [3.8, 4) is 0 Å². The summed E-state index contributed by atoms with van der Waals surface area (Å²) in [7, 11) is 0. The zero-order chi connectivity index (χ0) is 13.1. The van der Waals surface area contributed by atoms with Crippen molar-refractivity contribution >= 4 is 5.84 Å². The Morgan fingerprint density at radius 1 is 1.50 bits per heavy atom. The monoisotopic (exact) mass is 255 g/mol. The van der Waals surface area contributed by atoms with Gasteiger partial charge in [-0.1, -0.05) is 5.16 Å². The Labute approximate surface area is 104 Å². The lowest BCUT2D eigenvalue weighted by molar-refractivity contribution is 0.271. The number of hydrogen-bond donors (Lipinski definition) is 2. The van der Waals surface area contributed by atoms with Crippen LogP contribution in [0.1, 0.15) is 18.4 Å². The van der Waals surface area contributed by atoms with E-state index in [4.69, 9.17) is 10.9 Å². The molecular weight excluding hydrogens is 240 g/mol. The van der Waals surface area contributed by atoms with Crippen LogP contribution < -0.4 is 5.73 Å². The van der Waals surface area contributed by atoms with Gasteiger partial charge in [0.05, 0.1) is 6.04 Å². The molecule has 98 valence electrons. The van der Waals surface area contributed by atoms with E-state index in [-0.39, 0.29) is 24.0 Å². The highest BCUT2D eigenvalue weighted by Gasteiger charge is 2.28. The topological polar surface area (TPSA) is 61.9 Å². The molecule has 1 atom stereocenters. The van der Waals surface area contributed by atoms with Crippen molar-refractivity contribution in [1.82, 2.24) is 4.90 Å². The summed E-state index contributed by atoms with van der Waals surface area (Å²) in [6.45, 7) is 0.974. The van der Waals surface area contributed by atoms with Gasteiger partial charge in [0.2, 0.25) is 0 Å². The lowest BCUT2D eigenvalue weighted by atomic mass is 10.1. The molecular formula is C12H15F2N3O. The Morgan fingerprint density at radius 2 is 2.28 bits per heavy atom. The van der Waals surface area contributed by atoms with E-state index in [1.54, 1.807) is 0 Å². The van der Waals surface area contributed by atoms with E-state index in [9.17, 15) is 8.78 Å². The molecule has 0 aromatic heterocycles. The third-order valence-electron chi connectivity index (χ3n) is 3.20. The van der Waals surface area contributed by atoms with E-state index in [1.165, 1.54) is 6.07 Å². The molecule has 1 aromatic carbocycles. The van der Waals surface area contributed by atoms with Gasteiger partial charge in [0.25, 0.3) is 0 Å². The number of halogens is 2. The number of oxime groups is 1. The number of nitrogens with zero attached hydrogens (tertiary/aromatic N) is 2. The molecule has 0 saturated carbocycles. The van der Waals surface area contributed by atoms with Crippen LogP contribution in [0, 0.1) is 11.6 Å². The zero-order valence-corrected chi connectivity index (χ0v) is 9.81. The molecule has 1 unspecified atom stereocenters. The van der Waals surface area contributed by atoms with E-state index in [0.29, 0.717) is 0 Å². The summed E-state index contributed by atoms with van der Waals surface area (Å²) in [6.07, 6.45) is 1.64. The van der Waals surface area contributed by atoms with Crippen molar-refractivity contribution in [3.05, 3.63) is 35.4 Å². The fourth-order valence-corrected chi connectivity index (χ4v) is 2.30. The van der Waals surface area contributed by atoms with Crippen LogP contribution in [0.3, 0.4) is 0 Å². The first-order valence-corrected chi connectivity index (χ1v) is 5.77. The predicted molar refractivity (Wildman–Crippen MR) is 63.2 cm³/mol. The Morgan fingerprint density at radius 3 is 3.00 bits per heavy atom. The summed E-state index contributed by atoms with van der Waals surface area (Å²) >= 11 is 0. The summed E-state index contributed by atoms with van der Waals surface area (Å²) in [6, 6.07) is 3.16. The smallest absolute Gasteiger partial charge is 0.156 e.